The molecule has 0 bridgehead atoms. The van der Waals surface area contributed by atoms with Crippen LogP contribution in [0.3, 0.4) is 0 Å². The molecule has 10 heteroatoms. The Morgan fingerprint density at radius 1 is 0.967 bits per heavy atom. The quantitative estimate of drug-likeness (QED) is 0.541. The lowest BCUT2D eigenvalue weighted by Gasteiger charge is -2.40. The number of alkyl halides is 7. The van der Waals surface area contributed by atoms with Gasteiger partial charge in [0.25, 0.3) is 0 Å². The van der Waals surface area contributed by atoms with E-state index in [4.69, 9.17) is 4.74 Å². The third-order valence-electron chi connectivity index (χ3n) is 4.48. The maximum atomic E-state index is 14.6. The normalized spacial score (nSPS) is 20.1. The van der Waals surface area contributed by atoms with Gasteiger partial charge in [0.15, 0.2) is 0 Å². The van der Waals surface area contributed by atoms with Gasteiger partial charge in [-0.3, -0.25) is 4.90 Å². The Morgan fingerprint density at radius 2 is 1.57 bits per heavy atom. The largest absolute Gasteiger partial charge is 0.444 e. The van der Waals surface area contributed by atoms with E-state index in [0.29, 0.717) is 36.0 Å². The predicted molar refractivity (Wildman–Crippen MR) is 91.7 cm³/mol. The summed E-state index contributed by atoms with van der Waals surface area (Å²) in [7, 11) is 0. The molecule has 160 valence electrons. The topological polar surface area (TPSA) is 29.5 Å². The molecule has 1 atom stereocenters. The Bertz CT molecular complexity index is 924. The van der Waals surface area contributed by atoms with E-state index in [2.05, 4.69) is 0 Å². The zero-order valence-electron chi connectivity index (χ0n) is 15.0. The van der Waals surface area contributed by atoms with Crippen molar-refractivity contribution < 1.29 is 40.3 Å². The number of hydrogen-bond donors (Lipinski definition) is 0. The van der Waals surface area contributed by atoms with Gasteiger partial charge in [0.2, 0.25) is 0 Å². The van der Waals surface area contributed by atoms with Crippen LogP contribution in [0, 0.1) is 0 Å². The third-order valence-corrected chi connectivity index (χ3v) is 4.48. The van der Waals surface area contributed by atoms with Gasteiger partial charge in [-0.1, -0.05) is 42.5 Å². The maximum absolute atomic E-state index is 14.6. The van der Waals surface area contributed by atoms with E-state index in [1.807, 2.05) is 0 Å². The number of carbonyl (C=O) groups is 1. The molecule has 0 N–H and O–H groups in total. The molecule has 0 spiro atoms. The average molecular weight is 433 g/mol. The average Bonchev–Trinajstić information content (AvgIpc) is 2.68. The van der Waals surface area contributed by atoms with E-state index in [9.17, 15) is 35.5 Å². The van der Waals surface area contributed by atoms with E-state index >= 15 is 0 Å². The molecule has 3 nitrogen and oxygen atoms in total. The van der Waals surface area contributed by atoms with Crippen molar-refractivity contribution in [2.45, 2.75) is 30.7 Å². The van der Waals surface area contributed by atoms with Gasteiger partial charge in [-0.25, -0.2) is 4.79 Å². The van der Waals surface area contributed by atoms with Crippen molar-refractivity contribution in [2.75, 3.05) is 0 Å². The number of nitrogens with zero attached hydrogens (tertiary/aromatic N) is 1. The highest BCUT2D eigenvalue weighted by atomic mass is 19.4. The number of ether oxygens (including phenoxy) is 1. The van der Waals surface area contributed by atoms with Gasteiger partial charge >= 0.3 is 24.1 Å². The first kappa shape index (κ1) is 21.7. The number of amides is 1. The molecular weight excluding hydrogens is 419 g/mol. The second-order valence-electron chi connectivity index (χ2n) is 6.53. The van der Waals surface area contributed by atoms with Crippen LogP contribution in [0.2, 0.25) is 0 Å². The zero-order chi connectivity index (χ0) is 22.2. The summed E-state index contributed by atoms with van der Waals surface area (Å²) in [5.74, 6) is -9.43. The molecule has 1 unspecified atom stereocenters. The van der Waals surface area contributed by atoms with Crippen molar-refractivity contribution in [2.24, 2.45) is 0 Å². The molecule has 2 aromatic carbocycles. The second kappa shape index (κ2) is 7.66. The molecule has 1 aliphatic rings. The monoisotopic (exact) mass is 433 g/mol. The van der Waals surface area contributed by atoms with Crippen LogP contribution in [0.25, 0.3) is 0 Å². The lowest BCUT2D eigenvalue weighted by atomic mass is 9.91. The summed E-state index contributed by atoms with van der Waals surface area (Å²) in [5, 5.41) is 0. The zero-order valence-corrected chi connectivity index (χ0v) is 15.0. The van der Waals surface area contributed by atoms with Crippen LogP contribution in [0.5, 0.6) is 0 Å². The molecule has 3 rings (SSSR count). The minimum Gasteiger partial charge on any atom is -0.444 e. The van der Waals surface area contributed by atoms with Crippen molar-refractivity contribution in [3.63, 3.8) is 0 Å². The van der Waals surface area contributed by atoms with Crippen molar-refractivity contribution in [3.05, 3.63) is 83.6 Å². The smallest absolute Gasteiger partial charge is 0.416 e. The number of carbonyl (C=O) groups excluding carboxylic acids is 1. The van der Waals surface area contributed by atoms with E-state index in [1.54, 1.807) is 30.3 Å². The van der Waals surface area contributed by atoms with Gasteiger partial charge in [0, 0.05) is 12.3 Å². The molecule has 1 heterocycles. The summed E-state index contributed by atoms with van der Waals surface area (Å²) in [6.45, 7) is -0.314. The van der Waals surface area contributed by atoms with Gasteiger partial charge in [0.1, 0.15) is 12.6 Å². The van der Waals surface area contributed by atoms with Gasteiger partial charge in [-0.15, -0.1) is 0 Å². The summed E-state index contributed by atoms with van der Waals surface area (Å²) >= 11 is 0. The standard InChI is InChI=1S/C20H14F7NO2/c21-18(22)10-11-28(17(29)30-12-13-4-2-1-3-5-13)16(19(18,23)24)14-6-8-15(9-7-14)20(25,26)27/h1-11,16H,12H2. The minimum atomic E-state index is -4.80. The molecule has 30 heavy (non-hydrogen) atoms. The number of rotatable bonds is 3. The van der Waals surface area contributed by atoms with Crippen molar-refractivity contribution in [1.29, 1.82) is 0 Å². The molecule has 0 saturated carbocycles. The van der Waals surface area contributed by atoms with Crippen molar-refractivity contribution in [3.8, 4) is 0 Å². The first-order valence-corrected chi connectivity index (χ1v) is 8.54. The molecule has 2 aromatic rings. The summed E-state index contributed by atoms with van der Waals surface area (Å²) in [6, 6.07) is 7.83. The van der Waals surface area contributed by atoms with E-state index in [0.717, 1.165) is 0 Å². The van der Waals surface area contributed by atoms with E-state index < -0.39 is 41.3 Å². The van der Waals surface area contributed by atoms with Crippen LogP contribution >= 0.6 is 0 Å². The van der Waals surface area contributed by atoms with Gasteiger partial charge in [0.05, 0.1) is 5.56 Å². The van der Waals surface area contributed by atoms with Crippen LogP contribution in [0.1, 0.15) is 22.7 Å². The highest BCUT2D eigenvalue weighted by Crippen LogP contribution is 2.50. The molecule has 0 aliphatic carbocycles. The highest BCUT2D eigenvalue weighted by molar-refractivity contribution is 5.70. The van der Waals surface area contributed by atoms with Gasteiger partial charge in [-0.2, -0.15) is 30.7 Å². The first-order chi connectivity index (χ1) is 13.9. The Hall–Kier alpha value is -3.04. The summed E-state index contributed by atoms with van der Waals surface area (Å²) in [6.07, 6.45) is -5.79. The number of hydrogen-bond acceptors (Lipinski definition) is 2. The Balaban J connectivity index is 1.92. The Labute approximate surface area is 166 Å². The molecule has 0 saturated heterocycles. The summed E-state index contributed by atoms with van der Waals surface area (Å²) in [5.41, 5.74) is -1.23. The SMILES string of the molecule is O=C(OCc1ccccc1)N1C=CC(F)(F)C(F)(F)C1c1ccc(C(F)(F)F)cc1. The fraction of sp³-hybridized carbons (Fsp3) is 0.250. The lowest BCUT2D eigenvalue weighted by molar-refractivity contribution is -0.218. The van der Waals surface area contributed by atoms with Gasteiger partial charge < -0.3 is 4.74 Å². The van der Waals surface area contributed by atoms with Crippen molar-refractivity contribution in [1.82, 2.24) is 4.90 Å². The predicted octanol–water partition coefficient (Wildman–Crippen LogP) is 6.18. The molecule has 1 amide bonds. The maximum Gasteiger partial charge on any atom is 0.416 e. The van der Waals surface area contributed by atoms with Gasteiger partial charge in [-0.05, 0) is 23.3 Å². The molecule has 0 fully saturated rings. The van der Waals surface area contributed by atoms with Crippen LogP contribution in [0.4, 0.5) is 35.5 Å². The van der Waals surface area contributed by atoms with Crippen LogP contribution in [-0.4, -0.2) is 22.8 Å². The number of halogens is 7. The van der Waals surface area contributed by atoms with E-state index in [-0.39, 0.29) is 17.6 Å². The lowest BCUT2D eigenvalue weighted by Crippen LogP contribution is -2.54. The molecular formula is C20H14F7NO2. The van der Waals surface area contributed by atoms with Crippen molar-refractivity contribution >= 4 is 6.09 Å². The summed E-state index contributed by atoms with van der Waals surface area (Å²) in [4.78, 5) is 12.6. The highest BCUT2D eigenvalue weighted by Gasteiger charge is 2.64. The number of allylic oxidation sites excluding steroid dienone is 1. The fourth-order valence-corrected chi connectivity index (χ4v) is 2.91. The number of benzene rings is 2. The summed E-state index contributed by atoms with van der Waals surface area (Å²) < 4.78 is 100. The fourth-order valence-electron chi connectivity index (χ4n) is 2.91. The van der Waals surface area contributed by atoms with Crippen LogP contribution < -0.4 is 0 Å². The Kier molecular flexibility index (Phi) is 5.53. The minimum absolute atomic E-state index is 0.142. The molecule has 1 aliphatic heterocycles. The van der Waals surface area contributed by atoms with Crippen LogP contribution in [0.15, 0.2) is 66.9 Å². The third kappa shape index (κ3) is 4.12. The Morgan fingerprint density at radius 3 is 2.13 bits per heavy atom. The van der Waals surface area contributed by atoms with E-state index in [1.165, 1.54) is 0 Å². The molecule has 0 aromatic heterocycles. The second-order valence-corrected chi connectivity index (χ2v) is 6.53. The van der Waals surface area contributed by atoms with Crippen LogP contribution in [-0.2, 0) is 17.5 Å². The first-order valence-electron chi connectivity index (χ1n) is 8.54. The molecule has 0 radical (unpaired) electrons.